The van der Waals surface area contributed by atoms with Crippen molar-refractivity contribution in [1.82, 2.24) is 14.7 Å². The lowest BCUT2D eigenvalue weighted by Crippen LogP contribution is -2.54. The molecule has 0 N–H and O–H groups in total. The molecule has 0 spiro atoms. The Kier molecular flexibility index (Phi) is 4.37. The van der Waals surface area contributed by atoms with E-state index in [1.54, 1.807) is 19.0 Å². The van der Waals surface area contributed by atoms with Crippen LogP contribution in [0.5, 0.6) is 11.5 Å². The summed E-state index contributed by atoms with van der Waals surface area (Å²) in [6, 6.07) is 5.27. The van der Waals surface area contributed by atoms with Crippen LogP contribution >= 0.6 is 0 Å². The van der Waals surface area contributed by atoms with Gasteiger partial charge in [0, 0.05) is 59.1 Å². The molecule has 2 aliphatic heterocycles. The number of hydrogen-bond donors (Lipinski definition) is 0. The van der Waals surface area contributed by atoms with Crippen LogP contribution in [0.1, 0.15) is 0 Å². The second-order valence-electron chi connectivity index (χ2n) is 6.03. The molecular weight excluding hydrogens is 312 g/mol. The monoisotopic (exact) mass is 334 g/mol. The van der Waals surface area contributed by atoms with E-state index < -0.39 is 0 Å². The number of piperazine rings is 1. The number of urea groups is 2. The molecule has 0 aliphatic carbocycles. The molecule has 1 saturated heterocycles. The summed E-state index contributed by atoms with van der Waals surface area (Å²) < 4.78 is 10.7. The maximum atomic E-state index is 12.4. The van der Waals surface area contributed by atoms with E-state index in [1.165, 1.54) is 11.9 Å². The number of rotatable bonds is 1. The maximum Gasteiger partial charge on any atom is 0.328 e. The van der Waals surface area contributed by atoms with Crippen molar-refractivity contribution in [2.24, 2.45) is 0 Å². The Balaban J connectivity index is 1.59. The Morgan fingerprint density at radius 3 is 2.33 bits per heavy atom. The number of ether oxygens (including phenoxy) is 2. The zero-order valence-corrected chi connectivity index (χ0v) is 14.2. The number of carbonyl (C=O) groups excluding carboxylic acids is 2. The smallest absolute Gasteiger partial charge is 0.328 e. The zero-order chi connectivity index (χ0) is 17.3. The van der Waals surface area contributed by atoms with Crippen molar-refractivity contribution in [3.8, 4) is 11.5 Å². The van der Waals surface area contributed by atoms with Crippen molar-refractivity contribution in [1.29, 1.82) is 0 Å². The maximum absolute atomic E-state index is 12.4. The first-order chi connectivity index (χ1) is 11.5. The van der Waals surface area contributed by atoms with Crippen molar-refractivity contribution in [2.75, 3.05) is 59.0 Å². The van der Waals surface area contributed by atoms with Gasteiger partial charge in [0.2, 0.25) is 6.79 Å². The van der Waals surface area contributed by atoms with Gasteiger partial charge in [0.15, 0.2) is 11.5 Å². The van der Waals surface area contributed by atoms with Crippen molar-refractivity contribution in [2.45, 2.75) is 0 Å². The van der Waals surface area contributed by atoms with Gasteiger partial charge >= 0.3 is 12.1 Å². The number of fused-ring (bicyclic) bond motifs is 1. The van der Waals surface area contributed by atoms with E-state index in [0.29, 0.717) is 26.2 Å². The van der Waals surface area contributed by atoms with Crippen LogP contribution in [0, 0.1) is 0 Å². The quantitative estimate of drug-likeness (QED) is 0.774. The number of carbonyl (C=O) groups is 2. The van der Waals surface area contributed by atoms with Crippen LogP contribution in [0.3, 0.4) is 0 Å². The second-order valence-corrected chi connectivity index (χ2v) is 6.03. The van der Waals surface area contributed by atoms with Gasteiger partial charge in [0.1, 0.15) is 0 Å². The number of anilines is 1. The van der Waals surface area contributed by atoms with Crippen molar-refractivity contribution in [3.05, 3.63) is 18.2 Å². The molecule has 1 aromatic rings. The summed E-state index contributed by atoms with van der Waals surface area (Å²) in [5.74, 6) is 1.51. The third-order valence-corrected chi connectivity index (χ3v) is 4.23. The summed E-state index contributed by atoms with van der Waals surface area (Å²) in [4.78, 5) is 30.7. The summed E-state index contributed by atoms with van der Waals surface area (Å²) in [5.41, 5.74) is 1.05. The first-order valence-corrected chi connectivity index (χ1v) is 7.86. The van der Waals surface area contributed by atoms with Gasteiger partial charge in [-0.1, -0.05) is 0 Å². The van der Waals surface area contributed by atoms with E-state index in [-0.39, 0.29) is 18.9 Å². The van der Waals surface area contributed by atoms with Gasteiger partial charge < -0.3 is 24.2 Å². The van der Waals surface area contributed by atoms with E-state index in [0.717, 1.165) is 22.1 Å². The van der Waals surface area contributed by atoms with E-state index in [2.05, 4.69) is 4.90 Å². The Bertz CT molecular complexity index is 641. The van der Waals surface area contributed by atoms with Crippen molar-refractivity contribution >= 4 is 17.7 Å². The Labute approximate surface area is 141 Å². The van der Waals surface area contributed by atoms with Crippen LogP contribution in [-0.2, 0) is 0 Å². The highest BCUT2D eigenvalue weighted by Gasteiger charge is 2.28. The van der Waals surface area contributed by atoms with Crippen LogP contribution in [0.25, 0.3) is 0 Å². The molecule has 4 amide bonds. The van der Waals surface area contributed by atoms with Gasteiger partial charge in [0.05, 0.1) is 0 Å². The van der Waals surface area contributed by atoms with Crippen molar-refractivity contribution < 1.29 is 19.1 Å². The predicted octanol–water partition coefficient (Wildman–Crippen LogP) is 1.27. The average molecular weight is 334 g/mol. The molecule has 8 heteroatoms. The van der Waals surface area contributed by atoms with Gasteiger partial charge in [-0.2, -0.15) is 0 Å². The molecule has 0 bridgehead atoms. The molecule has 0 radical (unpaired) electrons. The molecule has 3 rings (SSSR count). The SMILES string of the molecule is CN(C)C(=O)N(C)C(=O)N1CCN(c2ccc3c(c2)OCO3)CC1. The average Bonchev–Trinajstić information content (AvgIpc) is 3.07. The molecular formula is C16H22N4O4. The summed E-state index contributed by atoms with van der Waals surface area (Å²) >= 11 is 0. The largest absolute Gasteiger partial charge is 0.454 e. The number of nitrogens with zero attached hydrogens (tertiary/aromatic N) is 4. The molecule has 1 fully saturated rings. The predicted molar refractivity (Wildman–Crippen MR) is 88.6 cm³/mol. The number of imide groups is 1. The molecule has 0 unspecified atom stereocenters. The highest BCUT2D eigenvalue weighted by atomic mass is 16.7. The summed E-state index contributed by atoms with van der Waals surface area (Å²) in [5, 5.41) is 0. The molecule has 1 aromatic carbocycles. The fourth-order valence-electron chi connectivity index (χ4n) is 2.83. The molecule has 0 atom stereocenters. The van der Waals surface area contributed by atoms with Gasteiger partial charge in [-0.05, 0) is 12.1 Å². The standard InChI is InChI=1S/C16H22N4O4/c1-17(2)15(21)18(3)16(22)20-8-6-19(7-9-20)12-4-5-13-14(10-12)24-11-23-13/h4-5,10H,6-9,11H2,1-3H3. The normalized spacial score (nSPS) is 16.1. The fourth-order valence-corrected chi connectivity index (χ4v) is 2.83. The van der Waals surface area contributed by atoms with Crippen LogP contribution in [0.15, 0.2) is 18.2 Å². The third-order valence-electron chi connectivity index (χ3n) is 4.23. The second kappa shape index (κ2) is 6.46. The molecule has 2 aliphatic rings. The molecule has 24 heavy (non-hydrogen) atoms. The summed E-state index contributed by atoms with van der Waals surface area (Å²) in [7, 11) is 4.77. The molecule has 0 aromatic heterocycles. The highest BCUT2D eigenvalue weighted by Crippen LogP contribution is 2.35. The summed E-state index contributed by atoms with van der Waals surface area (Å²) in [6.07, 6.45) is 0. The third kappa shape index (κ3) is 3.04. The summed E-state index contributed by atoms with van der Waals surface area (Å²) in [6.45, 7) is 2.80. The topological polar surface area (TPSA) is 65.6 Å². The van der Waals surface area contributed by atoms with Crippen LogP contribution in [-0.4, -0.2) is 80.9 Å². The lowest BCUT2D eigenvalue weighted by molar-refractivity contribution is 0.149. The Hall–Kier alpha value is -2.64. The van der Waals surface area contributed by atoms with E-state index in [4.69, 9.17) is 9.47 Å². The van der Waals surface area contributed by atoms with Crippen LogP contribution in [0.4, 0.5) is 15.3 Å². The first kappa shape index (κ1) is 16.2. The number of benzene rings is 1. The van der Waals surface area contributed by atoms with Crippen molar-refractivity contribution in [3.63, 3.8) is 0 Å². The van der Waals surface area contributed by atoms with Crippen LogP contribution in [0.2, 0.25) is 0 Å². The van der Waals surface area contributed by atoms with Gasteiger partial charge in [-0.3, -0.25) is 0 Å². The minimum absolute atomic E-state index is 0.257. The molecule has 130 valence electrons. The first-order valence-electron chi connectivity index (χ1n) is 7.86. The van der Waals surface area contributed by atoms with Gasteiger partial charge in [-0.25, -0.2) is 14.5 Å². The minimum atomic E-state index is -0.321. The Morgan fingerprint density at radius 1 is 1.00 bits per heavy atom. The van der Waals surface area contributed by atoms with Crippen LogP contribution < -0.4 is 14.4 Å². The number of amides is 4. The zero-order valence-electron chi connectivity index (χ0n) is 14.2. The minimum Gasteiger partial charge on any atom is -0.454 e. The molecule has 8 nitrogen and oxygen atoms in total. The van der Waals surface area contributed by atoms with E-state index in [1.807, 2.05) is 18.2 Å². The Morgan fingerprint density at radius 2 is 1.67 bits per heavy atom. The van der Waals surface area contributed by atoms with Gasteiger partial charge in [-0.15, -0.1) is 0 Å². The van der Waals surface area contributed by atoms with E-state index >= 15 is 0 Å². The fraction of sp³-hybridized carbons (Fsp3) is 0.500. The highest BCUT2D eigenvalue weighted by molar-refractivity contribution is 5.93. The lowest BCUT2D eigenvalue weighted by Gasteiger charge is -2.37. The van der Waals surface area contributed by atoms with E-state index in [9.17, 15) is 9.59 Å². The molecule has 0 saturated carbocycles. The van der Waals surface area contributed by atoms with Gasteiger partial charge in [0.25, 0.3) is 0 Å². The number of hydrogen-bond acceptors (Lipinski definition) is 5. The lowest BCUT2D eigenvalue weighted by atomic mass is 10.2. The molecule has 2 heterocycles.